The molecule has 0 saturated carbocycles. The fraction of sp³-hybridized carbons (Fsp3) is 0.667. The molecule has 1 aliphatic heterocycles. The average Bonchev–Trinajstić information content (AvgIpc) is 2.72. The topological polar surface area (TPSA) is 58.1 Å². The van der Waals surface area contributed by atoms with Gasteiger partial charge in [-0.1, -0.05) is 6.92 Å². The van der Waals surface area contributed by atoms with Crippen LogP contribution in [0.3, 0.4) is 0 Å². The molecule has 6 nitrogen and oxygen atoms in total. The molecule has 1 aromatic rings. The molecule has 1 aromatic carbocycles. The van der Waals surface area contributed by atoms with Gasteiger partial charge in [0, 0.05) is 13.1 Å². The number of nitrogens with zero attached hydrogens (tertiary/aromatic N) is 2. The third-order valence-electron chi connectivity index (χ3n) is 5.03. The molecule has 0 aliphatic carbocycles. The molecular weight excluding hydrogens is 340 g/mol. The van der Waals surface area contributed by atoms with E-state index in [9.17, 15) is 0 Å². The maximum atomic E-state index is 5.75. The first-order chi connectivity index (χ1) is 13.2. The monoisotopic (exact) mass is 376 g/mol. The lowest BCUT2D eigenvalue weighted by molar-refractivity contribution is 0.188. The SMILES string of the molecule is CCNC(=NCCC1CCN(CC)CC1)NCCOc1ccc(OC)cc1. The van der Waals surface area contributed by atoms with Crippen LogP contribution in [-0.4, -0.2) is 63.8 Å². The van der Waals surface area contributed by atoms with Gasteiger partial charge in [0.05, 0.1) is 13.7 Å². The number of ether oxygens (including phenoxy) is 2. The molecule has 1 heterocycles. The van der Waals surface area contributed by atoms with E-state index in [4.69, 9.17) is 14.5 Å². The zero-order valence-corrected chi connectivity index (χ0v) is 17.2. The Bertz CT molecular complexity index is 540. The van der Waals surface area contributed by atoms with Crippen molar-refractivity contribution in [2.75, 3.05) is 53.0 Å². The summed E-state index contributed by atoms with van der Waals surface area (Å²) in [7, 11) is 1.66. The second-order valence-corrected chi connectivity index (χ2v) is 6.88. The number of methoxy groups -OCH3 is 1. The van der Waals surface area contributed by atoms with Gasteiger partial charge < -0.3 is 25.0 Å². The number of aliphatic imine (C=N–C) groups is 1. The fourth-order valence-corrected chi connectivity index (χ4v) is 3.30. The Kier molecular flexibility index (Phi) is 9.84. The average molecular weight is 377 g/mol. The minimum absolute atomic E-state index is 0.590. The van der Waals surface area contributed by atoms with E-state index in [1.807, 2.05) is 24.3 Å². The number of piperidine rings is 1. The van der Waals surface area contributed by atoms with Crippen LogP contribution < -0.4 is 20.1 Å². The molecule has 0 spiro atoms. The highest BCUT2D eigenvalue weighted by Crippen LogP contribution is 2.20. The van der Waals surface area contributed by atoms with E-state index in [2.05, 4.69) is 29.4 Å². The van der Waals surface area contributed by atoms with Crippen LogP contribution in [0.15, 0.2) is 29.3 Å². The van der Waals surface area contributed by atoms with Crippen molar-refractivity contribution in [1.29, 1.82) is 0 Å². The van der Waals surface area contributed by atoms with Crippen LogP contribution >= 0.6 is 0 Å². The second-order valence-electron chi connectivity index (χ2n) is 6.88. The lowest BCUT2D eigenvalue weighted by Gasteiger charge is -2.30. The molecular formula is C21H36N4O2. The van der Waals surface area contributed by atoms with Gasteiger partial charge in [-0.25, -0.2) is 0 Å². The summed E-state index contributed by atoms with van der Waals surface area (Å²) in [5.74, 6) is 3.38. The number of hydrogen-bond donors (Lipinski definition) is 2. The molecule has 152 valence electrons. The first-order valence-electron chi connectivity index (χ1n) is 10.3. The molecule has 0 unspecified atom stereocenters. The summed E-state index contributed by atoms with van der Waals surface area (Å²) < 4.78 is 10.9. The predicted octanol–water partition coefficient (Wildman–Crippen LogP) is 2.75. The first-order valence-corrected chi connectivity index (χ1v) is 10.3. The Hall–Kier alpha value is -1.95. The number of rotatable bonds is 10. The highest BCUT2D eigenvalue weighted by atomic mass is 16.5. The van der Waals surface area contributed by atoms with Crippen molar-refractivity contribution in [2.24, 2.45) is 10.9 Å². The van der Waals surface area contributed by atoms with Crippen molar-refractivity contribution in [1.82, 2.24) is 15.5 Å². The van der Waals surface area contributed by atoms with Crippen LogP contribution in [-0.2, 0) is 0 Å². The molecule has 27 heavy (non-hydrogen) atoms. The number of hydrogen-bond acceptors (Lipinski definition) is 4. The van der Waals surface area contributed by atoms with E-state index < -0.39 is 0 Å². The quantitative estimate of drug-likeness (QED) is 0.374. The van der Waals surface area contributed by atoms with Crippen LogP contribution in [0.4, 0.5) is 0 Å². The van der Waals surface area contributed by atoms with E-state index in [1.165, 1.54) is 38.9 Å². The molecule has 6 heteroatoms. The summed E-state index contributed by atoms with van der Waals surface area (Å²) >= 11 is 0. The minimum atomic E-state index is 0.590. The maximum Gasteiger partial charge on any atom is 0.191 e. The van der Waals surface area contributed by atoms with E-state index in [0.29, 0.717) is 13.2 Å². The molecule has 0 radical (unpaired) electrons. The molecule has 0 aromatic heterocycles. The van der Waals surface area contributed by atoms with Crippen LogP contribution in [0.2, 0.25) is 0 Å². The highest BCUT2D eigenvalue weighted by Gasteiger charge is 2.17. The van der Waals surface area contributed by atoms with Gasteiger partial charge in [-0.05, 0) is 76.0 Å². The fourth-order valence-electron chi connectivity index (χ4n) is 3.30. The predicted molar refractivity (Wildman–Crippen MR) is 112 cm³/mol. The maximum absolute atomic E-state index is 5.75. The molecule has 0 atom stereocenters. The lowest BCUT2D eigenvalue weighted by Crippen LogP contribution is -2.39. The number of nitrogens with one attached hydrogen (secondary N) is 2. The largest absolute Gasteiger partial charge is 0.497 e. The summed E-state index contributed by atoms with van der Waals surface area (Å²) in [6.45, 7) is 11.0. The summed E-state index contributed by atoms with van der Waals surface area (Å²) in [5, 5.41) is 6.66. The third-order valence-corrected chi connectivity index (χ3v) is 5.03. The standard InChI is InChI=1S/C21H36N4O2/c1-4-22-21(23-13-10-18-11-15-25(5-2)16-12-18)24-14-17-27-20-8-6-19(26-3)7-9-20/h6-9,18H,4-5,10-17H2,1-3H3,(H2,22,23,24). The zero-order chi connectivity index (χ0) is 19.3. The molecule has 1 aliphatic rings. The van der Waals surface area contributed by atoms with E-state index in [0.717, 1.165) is 36.5 Å². The van der Waals surface area contributed by atoms with Gasteiger partial charge in [0.1, 0.15) is 18.1 Å². The number of likely N-dealkylation sites (tertiary alicyclic amines) is 1. The van der Waals surface area contributed by atoms with Crippen molar-refractivity contribution >= 4 is 5.96 Å². The Morgan fingerprint density at radius 2 is 1.81 bits per heavy atom. The number of benzene rings is 1. The van der Waals surface area contributed by atoms with Crippen molar-refractivity contribution in [3.63, 3.8) is 0 Å². The van der Waals surface area contributed by atoms with Gasteiger partial charge in [-0.15, -0.1) is 0 Å². The summed E-state index contributed by atoms with van der Waals surface area (Å²) in [6, 6.07) is 7.64. The van der Waals surface area contributed by atoms with E-state index >= 15 is 0 Å². The van der Waals surface area contributed by atoms with Crippen molar-refractivity contribution in [3.05, 3.63) is 24.3 Å². The molecule has 1 fully saturated rings. The van der Waals surface area contributed by atoms with E-state index in [-0.39, 0.29) is 0 Å². The third kappa shape index (κ3) is 8.08. The van der Waals surface area contributed by atoms with E-state index in [1.54, 1.807) is 7.11 Å². The smallest absolute Gasteiger partial charge is 0.191 e. The van der Waals surface area contributed by atoms with Crippen LogP contribution in [0.1, 0.15) is 33.1 Å². The molecule has 2 N–H and O–H groups in total. The molecule has 1 saturated heterocycles. The lowest BCUT2D eigenvalue weighted by atomic mass is 9.94. The summed E-state index contributed by atoms with van der Waals surface area (Å²) in [6.07, 6.45) is 3.79. The van der Waals surface area contributed by atoms with Crippen LogP contribution in [0.25, 0.3) is 0 Å². The Balaban J connectivity index is 1.65. The van der Waals surface area contributed by atoms with Crippen LogP contribution in [0.5, 0.6) is 11.5 Å². The Morgan fingerprint density at radius 1 is 1.11 bits per heavy atom. The molecule has 0 bridgehead atoms. The van der Waals surface area contributed by atoms with Gasteiger partial charge in [0.2, 0.25) is 0 Å². The minimum Gasteiger partial charge on any atom is -0.497 e. The van der Waals surface area contributed by atoms with Gasteiger partial charge >= 0.3 is 0 Å². The normalized spacial score (nSPS) is 16.2. The van der Waals surface area contributed by atoms with Gasteiger partial charge in [-0.2, -0.15) is 0 Å². The number of guanidine groups is 1. The van der Waals surface area contributed by atoms with Gasteiger partial charge in [0.25, 0.3) is 0 Å². The van der Waals surface area contributed by atoms with Crippen molar-refractivity contribution in [2.45, 2.75) is 33.1 Å². The zero-order valence-electron chi connectivity index (χ0n) is 17.2. The van der Waals surface area contributed by atoms with Crippen molar-refractivity contribution < 1.29 is 9.47 Å². The Morgan fingerprint density at radius 3 is 2.44 bits per heavy atom. The Labute approximate surface area is 164 Å². The first kappa shape index (κ1) is 21.4. The van der Waals surface area contributed by atoms with Crippen LogP contribution in [0, 0.1) is 5.92 Å². The molecule has 2 rings (SSSR count). The van der Waals surface area contributed by atoms with Crippen molar-refractivity contribution in [3.8, 4) is 11.5 Å². The molecule has 0 amide bonds. The van der Waals surface area contributed by atoms with Gasteiger partial charge in [-0.3, -0.25) is 4.99 Å². The highest BCUT2D eigenvalue weighted by molar-refractivity contribution is 5.79. The van der Waals surface area contributed by atoms with Gasteiger partial charge in [0.15, 0.2) is 5.96 Å². The summed E-state index contributed by atoms with van der Waals surface area (Å²) in [5.41, 5.74) is 0. The second kappa shape index (κ2) is 12.4. The summed E-state index contributed by atoms with van der Waals surface area (Å²) in [4.78, 5) is 7.26.